The van der Waals surface area contributed by atoms with E-state index in [9.17, 15) is 0 Å². The molecule has 2 heterocycles. The number of aromatic nitrogens is 2. The summed E-state index contributed by atoms with van der Waals surface area (Å²) in [7, 11) is 0. The fourth-order valence-electron chi connectivity index (χ4n) is 7.47. The molecule has 0 fully saturated rings. The highest BCUT2D eigenvalue weighted by atomic mass is 16.3. The SMILES string of the molecule is c1ccc(-c2cc(-c3ccc(-c4cccc(-c5cc6c7cccc(-c8ccccc8)c7oc6c6ccccc56)c4)cc3)nc(-c3ccccc3)n2)cc1. The second-order valence-corrected chi connectivity index (χ2v) is 13.3. The summed E-state index contributed by atoms with van der Waals surface area (Å²) >= 11 is 0. The molecule has 10 aromatic rings. The summed E-state index contributed by atoms with van der Waals surface area (Å²) in [5, 5.41) is 4.52. The lowest BCUT2D eigenvalue weighted by Crippen LogP contribution is -1.95. The molecule has 0 atom stereocenters. The third kappa shape index (κ3) is 5.56. The molecule has 0 N–H and O–H groups in total. The molecule has 8 aromatic carbocycles. The van der Waals surface area contributed by atoms with E-state index in [1.165, 1.54) is 10.9 Å². The van der Waals surface area contributed by atoms with Gasteiger partial charge < -0.3 is 4.42 Å². The zero-order valence-electron chi connectivity index (χ0n) is 28.8. The smallest absolute Gasteiger partial charge is 0.160 e. The van der Waals surface area contributed by atoms with Gasteiger partial charge in [0, 0.05) is 38.4 Å². The monoisotopic (exact) mass is 676 g/mol. The maximum absolute atomic E-state index is 6.74. The number of fused-ring (bicyclic) bond motifs is 5. The topological polar surface area (TPSA) is 38.9 Å². The van der Waals surface area contributed by atoms with Crippen molar-refractivity contribution >= 4 is 32.7 Å². The number of hydrogen-bond acceptors (Lipinski definition) is 3. The van der Waals surface area contributed by atoms with Gasteiger partial charge in [-0.15, -0.1) is 0 Å². The van der Waals surface area contributed by atoms with Crippen LogP contribution in [0.3, 0.4) is 0 Å². The summed E-state index contributed by atoms with van der Waals surface area (Å²) in [5.74, 6) is 0.713. The van der Waals surface area contributed by atoms with Crippen molar-refractivity contribution in [3.63, 3.8) is 0 Å². The molecule has 0 spiro atoms. The van der Waals surface area contributed by atoms with Gasteiger partial charge in [-0.05, 0) is 51.4 Å². The average Bonchev–Trinajstić information content (AvgIpc) is 3.63. The largest absolute Gasteiger partial charge is 0.455 e. The standard InChI is InChI=1S/C50H32N2O/c1-4-14-34(15-5-1)40-24-13-25-43-45-31-44(41-22-10-11-23-42(41)49(45)53-48(40)43)39-21-12-20-38(30-39)33-26-28-36(29-27-33)47-32-46(35-16-6-2-7-17-35)51-50(52-47)37-18-8-3-9-19-37/h1-32H. The maximum atomic E-state index is 6.74. The summed E-state index contributed by atoms with van der Waals surface area (Å²) in [6.07, 6.45) is 0. The van der Waals surface area contributed by atoms with Crippen LogP contribution in [-0.4, -0.2) is 9.97 Å². The zero-order valence-corrected chi connectivity index (χ0v) is 28.8. The van der Waals surface area contributed by atoms with Gasteiger partial charge in [-0.2, -0.15) is 0 Å². The molecule has 0 saturated heterocycles. The van der Waals surface area contributed by atoms with E-state index in [4.69, 9.17) is 14.4 Å². The van der Waals surface area contributed by atoms with Gasteiger partial charge >= 0.3 is 0 Å². The van der Waals surface area contributed by atoms with Gasteiger partial charge in [0.1, 0.15) is 11.2 Å². The molecule has 0 aliphatic carbocycles. The van der Waals surface area contributed by atoms with Crippen LogP contribution in [0.4, 0.5) is 0 Å². The number of hydrogen-bond donors (Lipinski definition) is 0. The Balaban J connectivity index is 1.05. The summed E-state index contributed by atoms with van der Waals surface area (Å²) in [6.45, 7) is 0. The number of benzene rings is 8. The molecule has 0 aliphatic heterocycles. The molecule has 0 saturated carbocycles. The van der Waals surface area contributed by atoms with Crippen molar-refractivity contribution in [3.8, 4) is 67.3 Å². The van der Waals surface area contributed by atoms with Crippen molar-refractivity contribution in [2.45, 2.75) is 0 Å². The van der Waals surface area contributed by atoms with Crippen LogP contribution in [0.2, 0.25) is 0 Å². The normalized spacial score (nSPS) is 11.4. The van der Waals surface area contributed by atoms with E-state index in [2.05, 4.69) is 152 Å². The van der Waals surface area contributed by atoms with Crippen LogP contribution in [0, 0.1) is 0 Å². The van der Waals surface area contributed by atoms with Gasteiger partial charge in [0.05, 0.1) is 11.4 Å². The molecule has 0 unspecified atom stereocenters. The third-order valence-electron chi connectivity index (χ3n) is 10.1. The first-order valence-corrected chi connectivity index (χ1v) is 17.9. The fraction of sp³-hybridized carbons (Fsp3) is 0. The predicted molar refractivity (Wildman–Crippen MR) is 219 cm³/mol. The highest BCUT2D eigenvalue weighted by molar-refractivity contribution is 6.20. The van der Waals surface area contributed by atoms with E-state index < -0.39 is 0 Å². The quantitative estimate of drug-likeness (QED) is 0.176. The van der Waals surface area contributed by atoms with Crippen LogP contribution >= 0.6 is 0 Å². The Labute approximate surface area is 307 Å². The van der Waals surface area contributed by atoms with E-state index in [1.54, 1.807) is 0 Å². The molecule has 0 aliphatic rings. The molecule has 3 heteroatoms. The highest BCUT2D eigenvalue weighted by Crippen LogP contribution is 2.43. The fourth-order valence-corrected chi connectivity index (χ4v) is 7.47. The van der Waals surface area contributed by atoms with Gasteiger partial charge in [0.25, 0.3) is 0 Å². The maximum Gasteiger partial charge on any atom is 0.160 e. The van der Waals surface area contributed by atoms with Gasteiger partial charge in [0.15, 0.2) is 5.82 Å². The minimum Gasteiger partial charge on any atom is -0.455 e. The molecular formula is C50H32N2O. The molecule has 3 nitrogen and oxygen atoms in total. The summed E-state index contributed by atoms with van der Waals surface area (Å²) in [6, 6.07) is 67.9. The Morgan fingerprint density at radius 2 is 0.792 bits per heavy atom. The van der Waals surface area contributed by atoms with Crippen LogP contribution < -0.4 is 0 Å². The lowest BCUT2D eigenvalue weighted by molar-refractivity contribution is 0.674. The lowest BCUT2D eigenvalue weighted by Gasteiger charge is -2.11. The van der Waals surface area contributed by atoms with Crippen LogP contribution in [-0.2, 0) is 0 Å². The van der Waals surface area contributed by atoms with Crippen LogP contribution in [0.25, 0.3) is 100.0 Å². The minimum atomic E-state index is 0.713. The van der Waals surface area contributed by atoms with Gasteiger partial charge in [-0.3, -0.25) is 0 Å². The molecule has 10 rings (SSSR count). The second-order valence-electron chi connectivity index (χ2n) is 13.3. The van der Waals surface area contributed by atoms with E-state index in [1.807, 2.05) is 42.5 Å². The summed E-state index contributed by atoms with van der Waals surface area (Å²) in [5.41, 5.74) is 13.6. The van der Waals surface area contributed by atoms with Gasteiger partial charge in [0.2, 0.25) is 0 Å². The molecule has 248 valence electrons. The Hall–Kier alpha value is -7.10. The Bertz CT molecular complexity index is 2860. The van der Waals surface area contributed by atoms with Gasteiger partial charge in [-0.25, -0.2) is 9.97 Å². The van der Waals surface area contributed by atoms with Crippen molar-refractivity contribution in [2.24, 2.45) is 0 Å². The van der Waals surface area contributed by atoms with Crippen LogP contribution in [0.5, 0.6) is 0 Å². The van der Waals surface area contributed by atoms with Crippen molar-refractivity contribution in [1.82, 2.24) is 9.97 Å². The highest BCUT2D eigenvalue weighted by Gasteiger charge is 2.18. The zero-order chi connectivity index (χ0) is 35.1. The molecule has 2 aromatic heterocycles. The Morgan fingerprint density at radius 1 is 0.283 bits per heavy atom. The van der Waals surface area contributed by atoms with Gasteiger partial charge in [-0.1, -0.05) is 176 Å². The molecule has 0 radical (unpaired) electrons. The average molecular weight is 677 g/mol. The van der Waals surface area contributed by atoms with Crippen molar-refractivity contribution in [3.05, 3.63) is 194 Å². The first kappa shape index (κ1) is 30.7. The second kappa shape index (κ2) is 12.9. The van der Waals surface area contributed by atoms with Crippen LogP contribution in [0.1, 0.15) is 0 Å². The minimum absolute atomic E-state index is 0.713. The predicted octanol–water partition coefficient (Wildman–Crippen LogP) is 13.5. The van der Waals surface area contributed by atoms with E-state index >= 15 is 0 Å². The Morgan fingerprint density at radius 3 is 1.51 bits per heavy atom. The van der Waals surface area contributed by atoms with Crippen molar-refractivity contribution < 1.29 is 4.42 Å². The summed E-state index contributed by atoms with van der Waals surface area (Å²) in [4.78, 5) is 9.99. The first-order valence-electron chi connectivity index (χ1n) is 17.9. The molecular weight excluding hydrogens is 645 g/mol. The number of nitrogens with zero attached hydrogens (tertiary/aromatic N) is 2. The molecule has 0 bridgehead atoms. The van der Waals surface area contributed by atoms with Crippen molar-refractivity contribution in [1.29, 1.82) is 0 Å². The van der Waals surface area contributed by atoms with E-state index in [0.717, 1.165) is 83.2 Å². The van der Waals surface area contributed by atoms with E-state index in [0.29, 0.717) is 5.82 Å². The van der Waals surface area contributed by atoms with E-state index in [-0.39, 0.29) is 0 Å². The first-order chi connectivity index (χ1) is 26.3. The molecule has 0 amide bonds. The van der Waals surface area contributed by atoms with Crippen molar-refractivity contribution in [2.75, 3.05) is 0 Å². The Kier molecular flexibility index (Phi) is 7.47. The van der Waals surface area contributed by atoms with Crippen LogP contribution in [0.15, 0.2) is 199 Å². The lowest BCUT2D eigenvalue weighted by atomic mass is 9.93. The molecule has 53 heavy (non-hydrogen) atoms. The number of para-hydroxylation sites is 1. The summed E-state index contributed by atoms with van der Waals surface area (Å²) < 4.78 is 6.74. The number of furan rings is 1. The number of rotatable bonds is 6. The third-order valence-corrected chi connectivity index (χ3v) is 10.1.